The number of sulfonamides is 1. The van der Waals surface area contributed by atoms with Gasteiger partial charge in [0, 0.05) is 13.1 Å². The van der Waals surface area contributed by atoms with E-state index < -0.39 is 10.0 Å². The molecule has 1 aliphatic heterocycles. The molecule has 2 atom stereocenters. The lowest BCUT2D eigenvalue weighted by Gasteiger charge is -2.36. The average Bonchev–Trinajstić information content (AvgIpc) is 2.62. The molecule has 26 heavy (non-hydrogen) atoms. The lowest BCUT2D eigenvalue weighted by Crippen LogP contribution is -2.46. The average molecular weight is 374 g/mol. The SMILES string of the molecule is Cc1ccc(C2CN(S(=O)(=O)CCCc3ccccc3)CC(C)O2)cc1. The van der Waals surface area contributed by atoms with Crippen molar-refractivity contribution in [1.29, 1.82) is 0 Å². The predicted octanol–water partition coefficient (Wildman–Crippen LogP) is 3.72. The summed E-state index contributed by atoms with van der Waals surface area (Å²) < 4.78 is 33.3. The molecule has 1 fully saturated rings. The van der Waals surface area contributed by atoms with Crippen molar-refractivity contribution < 1.29 is 13.2 Å². The van der Waals surface area contributed by atoms with Gasteiger partial charge in [-0.3, -0.25) is 0 Å². The van der Waals surface area contributed by atoms with Crippen LogP contribution in [0, 0.1) is 6.92 Å². The van der Waals surface area contributed by atoms with Gasteiger partial charge < -0.3 is 4.74 Å². The van der Waals surface area contributed by atoms with Gasteiger partial charge in [0.05, 0.1) is 18.0 Å². The van der Waals surface area contributed by atoms with Crippen LogP contribution in [0.5, 0.6) is 0 Å². The Morgan fingerprint density at radius 1 is 1.04 bits per heavy atom. The highest BCUT2D eigenvalue weighted by molar-refractivity contribution is 7.89. The van der Waals surface area contributed by atoms with Gasteiger partial charge in [-0.15, -0.1) is 0 Å². The molecular weight excluding hydrogens is 346 g/mol. The number of rotatable bonds is 6. The van der Waals surface area contributed by atoms with Gasteiger partial charge in [-0.05, 0) is 37.8 Å². The monoisotopic (exact) mass is 373 g/mol. The van der Waals surface area contributed by atoms with Gasteiger partial charge in [0.1, 0.15) is 0 Å². The molecule has 1 heterocycles. The Hall–Kier alpha value is -1.69. The van der Waals surface area contributed by atoms with Gasteiger partial charge in [0.15, 0.2) is 0 Å². The van der Waals surface area contributed by atoms with Crippen LogP contribution in [-0.2, 0) is 21.2 Å². The van der Waals surface area contributed by atoms with Crippen LogP contribution >= 0.6 is 0 Å². The molecule has 4 nitrogen and oxygen atoms in total. The molecule has 0 aromatic heterocycles. The minimum atomic E-state index is -3.28. The lowest BCUT2D eigenvalue weighted by molar-refractivity contribution is -0.0557. The smallest absolute Gasteiger partial charge is 0.214 e. The minimum absolute atomic E-state index is 0.112. The minimum Gasteiger partial charge on any atom is -0.368 e. The molecule has 2 aromatic carbocycles. The number of morpholine rings is 1. The molecule has 2 unspecified atom stereocenters. The van der Waals surface area contributed by atoms with Crippen molar-refractivity contribution in [2.24, 2.45) is 0 Å². The first-order valence-corrected chi connectivity index (χ1v) is 10.8. The Balaban J connectivity index is 1.63. The fraction of sp³-hybridized carbons (Fsp3) is 0.429. The second-order valence-corrected chi connectivity index (χ2v) is 9.16. The molecule has 0 aliphatic carbocycles. The molecule has 0 amide bonds. The molecule has 2 aromatic rings. The van der Waals surface area contributed by atoms with E-state index in [-0.39, 0.29) is 18.0 Å². The van der Waals surface area contributed by atoms with Gasteiger partial charge >= 0.3 is 0 Å². The summed E-state index contributed by atoms with van der Waals surface area (Å²) in [6, 6.07) is 18.2. The summed E-state index contributed by atoms with van der Waals surface area (Å²) in [6.45, 7) is 4.79. The van der Waals surface area contributed by atoms with Gasteiger partial charge in [0.2, 0.25) is 10.0 Å². The molecule has 1 saturated heterocycles. The van der Waals surface area contributed by atoms with E-state index in [4.69, 9.17) is 4.74 Å². The third-order valence-electron chi connectivity index (χ3n) is 4.78. The number of aryl methyl sites for hydroxylation is 2. The quantitative estimate of drug-likeness (QED) is 0.775. The van der Waals surface area contributed by atoms with E-state index in [2.05, 4.69) is 0 Å². The van der Waals surface area contributed by atoms with Crippen LogP contribution in [0.15, 0.2) is 54.6 Å². The molecule has 0 N–H and O–H groups in total. The third-order valence-corrected chi connectivity index (χ3v) is 6.67. The zero-order valence-corrected chi connectivity index (χ0v) is 16.3. The largest absolute Gasteiger partial charge is 0.368 e. The highest BCUT2D eigenvalue weighted by Gasteiger charge is 2.33. The van der Waals surface area contributed by atoms with E-state index in [1.54, 1.807) is 4.31 Å². The summed E-state index contributed by atoms with van der Waals surface area (Å²) >= 11 is 0. The molecule has 140 valence electrons. The normalized spacial score (nSPS) is 21.6. The molecular formula is C21H27NO3S. The van der Waals surface area contributed by atoms with Crippen molar-refractivity contribution in [3.05, 3.63) is 71.3 Å². The topological polar surface area (TPSA) is 46.6 Å². The second kappa shape index (κ2) is 8.33. The summed E-state index contributed by atoms with van der Waals surface area (Å²) in [5.41, 5.74) is 3.39. The first-order valence-electron chi connectivity index (χ1n) is 9.18. The van der Waals surface area contributed by atoms with Crippen molar-refractivity contribution in [2.45, 2.75) is 38.9 Å². The van der Waals surface area contributed by atoms with Crippen molar-refractivity contribution in [2.75, 3.05) is 18.8 Å². The zero-order chi connectivity index (χ0) is 18.6. The molecule has 0 saturated carbocycles. The van der Waals surface area contributed by atoms with Crippen LogP contribution in [0.25, 0.3) is 0 Å². The van der Waals surface area contributed by atoms with Crippen LogP contribution in [0.2, 0.25) is 0 Å². The van der Waals surface area contributed by atoms with Crippen LogP contribution in [-0.4, -0.2) is 37.7 Å². The summed E-state index contributed by atoms with van der Waals surface area (Å²) in [7, 11) is -3.28. The van der Waals surface area contributed by atoms with Gasteiger partial charge in [0.25, 0.3) is 0 Å². The van der Waals surface area contributed by atoms with Gasteiger partial charge in [-0.2, -0.15) is 4.31 Å². The van der Waals surface area contributed by atoms with Crippen LogP contribution in [0.1, 0.15) is 36.1 Å². The van der Waals surface area contributed by atoms with E-state index in [0.717, 1.165) is 12.0 Å². The predicted molar refractivity (Wildman–Crippen MR) is 105 cm³/mol. The van der Waals surface area contributed by atoms with E-state index in [9.17, 15) is 8.42 Å². The Morgan fingerprint density at radius 3 is 2.42 bits per heavy atom. The Morgan fingerprint density at radius 2 is 1.73 bits per heavy atom. The summed E-state index contributed by atoms with van der Waals surface area (Å²) in [6.07, 6.45) is 1.09. The molecule has 0 spiro atoms. The number of hydrogen-bond acceptors (Lipinski definition) is 3. The molecule has 3 rings (SSSR count). The standard InChI is InChI=1S/C21H27NO3S/c1-17-10-12-20(13-11-17)21-16-22(15-18(2)25-21)26(23,24)14-6-9-19-7-4-3-5-8-19/h3-5,7-8,10-13,18,21H,6,9,14-16H2,1-2H3. The lowest BCUT2D eigenvalue weighted by atomic mass is 10.1. The van der Waals surface area contributed by atoms with Crippen LogP contribution in [0.4, 0.5) is 0 Å². The maximum Gasteiger partial charge on any atom is 0.214 e. The van der Waals surface area contributed by atoms with Crippen molar-refractivity contribution in [1.82, 2.24) is 4.31 Å². The van der Waals surface area contributed by atoms with Crippen molar-refractivity contribution in [3.8, 4) is 0 Å². The number of hydrogen-bond donors (Lipinski definition) is 0. The maximum atomic E-state index is 12.8. The fourth-order valence-corrected chi connectivity index (χ4v) is 4.90. The Kier molecular flexibility index (Phi) is 6.12. The number of ether oxygens (including phenoxy) is 1. The third kappa shape index (κ3) is 4.93. The Labute approximate surface area is 156 Å². The zero-order valence-electron chi connectivity index (χ0n) is 15.5. The molecule has 1 aliphatic rings. The number of benzene rings is 2. The Bertz CT molecular complexity index is 803. The fourth-order valence-electron chi connectivity index (χ4n) is 3.34. The maximum absolute atomic E-state index is 12.8. The van der Waals surface area contributed by atoms with Crippen molar-refractivity contribution in [3.63, 3.8) is 0 Å². The molecule has 0 bridgehead atoms. The van der Waals surface area contributed by atoms with E-state index in [1.165, 1.54) is 11.1 Å². The first-order chi connectivity index (χ1) is 12.4. The summed E-state index contributed by atoms with van der Waals surface area (Å²) in [4.78, 5) is 0. The number of nitrogens with zero attached hydrogens (tertiary/aromatic N) is 1. The van der Waals surface area contributed by atoms with E-state index in [1.807, 2.05) is 68.4 Å². The van der Waals surface area contributed by atoms with Gasteiger partial charge in [-0.1, -0.05) is 60.2 Å². The summed E-state index contributed by atoms with van der Waals surface area (Å²) in [5, 5.41) is 0. The summed E-state index contributed by atoms with van der Waals surface area (Å²) in [5.74, 6) is 0.176. The van der Waals surface area contributed by atoms with Gasteiger partial charge in [-0.25, -0.2) is 8.42 Å². The van der Waals surface area contributed by atoms with Crippen LogP contribution in [0.3, 0.4) is 0 Å². The molecule has 5 heteroatoms. The molecule has 0 radical (unpaired) electrons. The highest BCUT2D eigenvalue weighted by Crippen LogP contribution is 2.27. The first kappa shape index (κ1) is 19.1. The highest BCUT2D eigenvalue weighted by atomic mass is 32.2. The van der Waals surface area contributed by atoms with Crippen molar-refractivity contribution >= 4 is 10.0 Å². The second-order valence-electron chi connectivity index (χ2n) is 7.07. The van der Waals surface area contributed by atoms with Crippen LogP contribution < -0.4 is 0 Å². The van der Waals surface area contributed by atoms with E-state index >= 15 is 0 Å². The van der Waals surface area contributed by atoms with E-state index in [0.29, 0.717) is 19.5 Å².